The quantitative estimate of drug-likeness (QED) is 0.360. The summed E-state index contributed by atoms with van der Waals surface area (Å²) in [6.07, 6.45) is 6.96. The molecule has 2 unspecified atom stereocenters. The lowest BCUT2D eigenvalue weighted by Crippen LogP contribution is -2.51. The summed E-state index contributed by atoms with van der Waals surface area (Å²) < 4.78 is 32.1. The van der Waals surface area contributed by atoms with Crippen molar-refractivity contribution in [1.29, 1.82) is 0 Å². The van der Waals surface area contributed by atoms with Gasteiger partial charge in [0.2, 0.25) is 5.88 Å². The second-order valence-electron chi connectivity index (χ2n) is 11.8. The SMILES string of the molecule is COc1nc2c(N3CC4CCC(C3)N4)nc(OCC34CCCN3CCC4)nc2cc1-c1ccc(F)c2oc(N)nc12. The molecule has 0 saturated carbocycles. The van der Waals surface area contributed by atoms with Gasteiger partial charge in [-0.1, -0.05) is 0 Å². The third-order valence-corrected chi connectivity index (χ3v) is 9.39. The molecule has 8 rings (SSSR count). The number of pyridine rings is 1. The molecular weight excluding hydrogens is 527 g/mol. The van der Waals surface area contributed by atoms with E-state index in [1.807, 2.05) is 6.07 Å². The van der Waals surface area contributed by atoms with Crippen molar-refractivity contribution in [1.82, 2.24) is 30.2 Å². The Balaban J connectivity index is 1.26. The molecule has 4 aromatic rings. The van der Waals surface area contributed by atoms with Crippen LogP contribution in [0.3, 0.4) is 0 Å². The van der Waals surface area contributed by atoms with E-state index in [0.717, 1.165) is 57.7 Å². The summed E-state index contributed by atoms with van der Waals surface area (Å²) >= 11 is 0. The zero-order valence-corrected chi connectivity index (χ0v) is 23.0. The highest BCUT2D eigenvalue weighted by molar-refractivity contribution is 5.97. The third kappa shape index (κ3) is 4.06. The summed E-state index contributed by atoms with van der Waals surface area (Å²) in [6, 6.07) is 5.92. The van der Waals surface area contributed by atoms with Gasteiger partial charge in [-0.05, 0) is 69.8 Å². The van der Waals surface area contributed by atoms with Gasteiger partial charge in [0, 0.05) is 36.3 Å². The molecule has 214 valence electrons. The Bertz CT molecular complexity index is 1640. The van der Waals surface area contributed by atoms with Gasteiger partial charge < -0.3 is 29.8 Å². The van der Waals surface area contributed by atoms with Gasteiger partial charge in [-0.3, -0.25) is 4.90 Å². The minimum Gasteiger partial charge on any atom is -0.481 e. The van der Waals surface area contributed by atoms with Crippen LogP contribution in [0.5, 0.6) is 11.9 Å². The van der Waals surface area contributed by atoms with Crippen LogP contribution in [0.25, 0.3) is 33.3 Å². The smallest absolute Gasteiger partial charge is 0.319 e. The number of hydrogen-bond donors (Lipinski definition) is 2. The summed E-state index contributed by atoms with van der Waals surface area (Å²) in [5, 5.41) is 3.69. The molecule has 12 heteroatoms. The first-order valence-corrected chi connectivity index (χ1v) is 14.5. The maximum atomic E-state index is 14.5. The van der Waals surface area contributed by atoms with Crippen molar-refractivity contribution >= 4 is 34.0 Å². The van der Waals surface area contributed by atoms with Crippen LogP contribution in [0, 0.1) is 5.82 Å². The molecule has 0 aliphatic carbocycles. The van der Waals surface area contributed by atoms with E-state index in [1.54, 1.807) is 13.2 Å². The van der Waals surface area contributed by atoms with Crippen LogP contribution >= 0.6 is 0 Å². The fourth-order valence-corrected chi connectivity index (χ4v) is 7.48. The van der Waals surface area contributed by atoms with Gasteiger partial charge in [0.05, 0.1) is 18.2 Å². The number of anilines is 2. The molecule has 3 aromatic heterocycles. The van der Waals surface area contributed by atoms with E-state index >= 15 is 0 Å². The maximum absolute atomic E-state index is 14.5. The van der Waals surface area contributed by atoms with Crippen molar-refractivity contribution in [2.24, 2.45) is 0 Å². The summed E-state index contributed by atoms with van der Waals surface area (Å²) in [5.41, 5.74) is 8.60. The molecule has 1 aromatic carbocycles. The number of rotatable bonds is 6. The van der Waals surface area contributed by atoms with Gasteiger partial charge in [0.1, 0.15) is 17.6 Å². The number of halogens is 1. The summed E-state index contributed by atoms with van der Waals surface area (Å²) in [4.78, 5) is 23.9. The van der Waals surface area contributed by atoms with Crippen molar-refractivity contribution in [3.05, 3.63) is 24.0 Å². The zero-order valence-electron chi connectivity index (χ0n) is 23.0. The van der Waals surface area contributed by atoms with Gasteiger partial charge in [-0.15, -0.1) is 0 Å². The number of hydrogen-bond acceptors (Lipinski definition) is 11. The number of nitrogens with two attached hydrogens (primary N) is 1. The predicted octanol–water partition coefficient (Wildman–Crippen LogP) is 3.51. The Morgan fingerprint density at radius 2 is 1.83 bits per heavy atom. The minimum absolute atomic E-state index is 0.0113. The average Bonchev–Trinajstić information content (AvgIpc) is 3.74. The van der Waals surface area contributed by atoms with Crippen LogP contribution in [0.4, 0.5) is 16.2 Å². The van der Waals surface area contributed by atoms with E-state index in [0.29, 0.717) is 58.3 Å². The average molecular weight is 561 g/mol. The van der Waals surface area contributed by atoms with Crippen molar-refractivity contribution in [2.45, 2.75) is 56.1 Å². The number of oxazole rings is 1. The van der Waals surface area contributed by atoms with Crippen LogP contribution in [0.15, 0.2) is 22.6 Å². The molecule has 4 aliphatic rings. The van der Waals surface area contributed by atoms with Crippen molar-refractivity contribution in [3.8, 4) is 23.0 Å². The topological polar surface area (TPSA) is 128 Å². The Hall–Kier alpha value is -3.77. The number of nitrogen functional groups attached to an aromatic ring is 1. The van der Waals surface area contributed by atoms with Gasteiger partial charge in [-0.2, -0.15) is 15.0 Å². The molecule has 2 bridgehead atoms. The summed E-state index contributed by atoms with van der Waals surface area (Å²) in [6.45, 7) is 4.49. The number of benzene rings is 1. The van der Waals surface area contributed by atoms with Gasteiger partial charge in [-0.25, -0.2) is 9.37 Å². The van der Waals surface area contributed by atoms with Crippen LogP contribution in [-0.2, 0) is 0 Å². The number of nitrogens with one attached hydrogen (secondary N) is 1. The lowest BCUT2D eigenvalue weighted by molar-refractivity contribution is 0.108. The number of fused-ring (bicyclic) bond motifs is 5. The van der Waals surface area contributed by atoms with Crippen LogP contribution in [0.2, 0.25) is 0 Å². The largest absolute Gasteiger partial charge is 0.481 e. The molecule has 4 aliphatic heterocycles. The molecule has 4 fully saturated rings. The monoisotopic (exact) mass is 560 g/mol. The highest BCUT2D eigenvalue weighted by Gasteiger charge is 2.45. The second-order valence-corrected chi connectivity index (χ2v) is 11.8. The van der Waals surface area contributed by atoms with Crippen molar-refractivity contribution in [2.75, 3.05) is 50.5 Å². The highest BCUT2D eigenvalue weighted by Crippen LogP contribution is 2.41. The number of methoxy groups -OCH3 is 1. The first-order chi connectivity index (χ1) is 20.0. The minimum atomic E-state index is -0.540. The van der Waals surface area contributed by atoms with E-state index in [4.69, 9.17) is 34.6 Å². The molecule has 41 heavy (non-hydrogen) atoms. The van der Waals surface area contributed by atoms with E-state index in [-0.39, 0.29) is 17.1 Å². The molecule has 0 spiro atoms. The van der Waals surface area contributed by atoms with Gasteiger partial charge in [0.25, 0.3) is 6.01 Å². The van der Waals surface area contributed by atoms with E-state index in [9.17, 15) is 4.39 Å². The third-order valence-electron chi connectivity index (χ3n) is 9.39. The molecular formula is C29H33FN8O3. The summed E-state index contributed by atoms with van der Waals surface area (Å²) in [7, 11) is 1.56. The van der Waals surface area contributed by atoms with Gasteiger partial charge >= 0.3 is 6.01 Å². The van der Waals surface area contributed by atoms with E-state index in [1.165, 1.54) is 18.9 Å². The Morgan fingerprint density at radius 3 is 2.59 bits per heavy atom. The Kier molecular flexibility index (Phi) is 5.72. The second kappa shape index (κ2) is 9.38. The first-order valence-electron chi connectivity index (χ1n) is 14.5. The fraction of sp³-hybridized carbons (Fsp3) is 0.517. The Labute approximate surface area is 236 Å². The van der Waals surface area contributed by atoms with Crippen LogP contribution in [0.1, 0.15) is 38.5 Å². The molecule has 3 N–H and O–H groups in total. The van der Waals surface area contributed by atoms with Gasteiger partial charge in [0.15, 0.2) is 17.2 Å². The number of piperazine rings is 1. The molecule has 11 nitrogen and oxygen atoms in total. The molecule has 7 heterocycles. The maximum Gasteiger partial charge on any atom is 0.319 e. The molecule has 2 atom stereocenters. The molecule has 0 radical (unpaired) electrons. The van der Waals surface area contributed by atoms with Crippen LogP contribution < -0.4 is 25.4 Å². The Morgan fingerprint density at radius 1 is 1.05 bits per heavy atom. The highest BCUT2D eigenvalue weighted by atomic mass is 19.1. The predicted molar refractivity (Wildman–Crippen MR) is 152 cm³/mol. The zero-order chi connectivity index (χ0) is 27.7. The molecule has 0 amide bonds. The standard InChI is InChI=1S/C29H33FN8O3/c1-39-26-19(18-6-7-20(30)24-22(18)35-27(31)41-24)12-21-23(34-26)25(37-13-16-4-5-17(14-37)32-16)36-28(33-21)40-15-29-8-2-10-38(29)11-3-9-29/h6-7,12,16-17,32H,2-5,8-11,13-15H2,1H3,(H2,31,35). The fourth-order valence-electron chi connectivity index (χ4n) is 7.48. The van der Waals surface area contributed by atoms with E-state index in [2.05, 4.69) is 20.1 Å². The lowest BCUT2D eigenvalue weighted by Gasteiger charge is -2.34. The molecule has 4 saturated heterocycles. The van der Waals surface area contributed by atoms with Crippen LogP contribution in [-0.4, -0.2) is 82.4 Å². The normalized spacial score (nSPS) is 23.5. The number of aromatic nitrogens is 4. The van der Waals surface area contributed by atoms with E-state index < -0.39 is 5.82 Å². The van der Waals surface area contributed by atoms with Crippen molar-refractivity contribution < 1.29 is 18.3 Å². The number of ether oxygens (including phenoxy) is 2. The van der Waals surface area contributed by atoms with Crippen molar-refractivity contribution in [3.63, 3.8) is 0 Å². The first kappa shape index (κ1) is 25.0. The summed E-state index contributed by atoms with van der Waals surface area (Å²) in [5.74, 6) is 0.562. The number of nitrogens with zero attached hydrogens (tertiary/aromatic N) is 6. The lowest BCUT2D eigenvalue weighted by atomic mass is 9.95.